The van der Waals surface area contributed by atoms with Crippen molar-refractivity contribution in [1.82, 2.24) is 15.5 Å². The number of aryl methyl sites for hydroxylation is 1. The van der Waals surface area contributed by atoms with Crippen molar-refractivity contribution in [2.45, 2.75) is 17.3 Å². The zero-order valence-corrected chi connectivity index (χ0v) is 16.1. The van der Waals surface area contributed by atoms with Crippen LogP contribution in [0.5, 0.6) is 5.75 Å². The predicted octanol–water partition coefficient (Wildman–Crippen LogP) is 3.85. The Morgan fingerprint density at radius 1 is 1.12 bits per heavy atom. The molecule has 0 aliphatic carbocycles. The van der Waals surface area contributed by atoms with Crippen molar-refractivity contribution in [3.05, 3.63) is 70.7 Å². The Labute approximate surface area is 160 Å². The van der Waals surface area contributed by atoms with Gasteiger partial charge in [0.2, 0.25) is 5.91 Å². The lowest BCUT2D eigenvalue weighted by atomic mass is 9.98. The normalized spacial score (nSPS) is 11.8. The topological polar surface area (TPSA) is 64.1 Å². The van der Waals surface area contributed by atoms with E-state index in [2.05, 4.69) is 15.5 Å². The molecule has 1 atom stereocenters. The van der Waals surface area contributed by atoms with Crippen LogP contribution in [-0.4, -0.2) is 29.0 Å². The van der Waals surface area contributed by atoms with Crippen LogP contribution in [-0.2, 0) is 4.79 Å². The lowest BCUT2D eigenvalue weighted by Gasteiger charge is -2.20. The Morgan fingerprint density at radius 2 is 1.81 bits per heavy atom. The minimum Gasteiger partial charge on any atom is -0.497 e. The molecule has 0 aliphatic heterocycles. The van der Waals surface area contributed by atoms with Gasteiger partial charge in [0.15, 0.2) is 4.34 Å². The fourth-order valence-corrected chi connectivity index (χ4v) is 4.09. The molecule has 7 heteroatoms. The molecule has 3 aromatic rings. The van der Waals surface area contributed by atoms with Crippen molar-refractivity contribution in [3.8, 4) is 5.75 Å². The van der Waals surface area contributed by atoms with Gasteiger partial charge in [0.05, 0.1) is 18.9 Å². The van der Waals surface area contributed by atoms with Crippen LogP contribution in [0.4, 0.5) is 0 Å². The quantitative estimate of drug-likeness (QED) is 0.626. The van der Waals surface area contributed by atoms with Crippen LogP contribution in [0.3, 0.4) is 0 Å². The van der Waals surface area contributed by atoms with Gasteiger partial charge in [0.1, 0.15) is 10.8 Å². The molecule has 134 valence electrons. The summed E-state index contributed by atoms with van der Waals surface area (Å²) in [6, 6.07) is 17.4. The summed E-state index contributed by atoms with van der Waals surface area (Å²) >= 11 is 2.89. The number of nitrogens with one attached hydrogen (secondary N) is 1. The molecule has 26 heavy (non-hydrogen) atoms. The SMILES string of the molecule is COc1ccc([C@@H](NC(=O)CSc2nnc(C)s2)c2ccccc2)cc1. The number of hydrogen-bond donors (Lipinski definition) is 1. The van der Waals surface area contributed by atoms with Crippen molar-refractivity contribution >= 4 is 29.0 Å². The van der Waals surface area contributed by atoms with Crippen LogP contribution >= 0.6 is 23.1 Å². The zero-order valence-electron chi connectivity index (χ0n) is 14.5. The minimum atomic E-state index is -0.216. The van der Waals surface area contributed by atoms with E-state index in [1.54, 1.807) is 7.11 Å². The van der Waals surface area contributed by atoms with Gasteiger partial charge >= 0.3 is 0 Å². The van der Waals surface area contributed by atoms with Crippen molar-refractivity contribution < 1.29 is 9.53 Å². The van der Waals surface area contributed by atoms with Gasteiger partial charge in [-0.1, -0.05) is 65.6 Å². The number of methoxy groups -OCH3 is 1. The number of benzene rings is 2. The zero-order chi connectivity index (χ0) is 18.4. The fourth-order valence-electron chi connectivity index (χ4n) is 2.47. The monoisotopic (exact) mass is 385 g/mol. The average Bonchev–Trinajstić information content (AvgIpc) is 3.10. The van der Waals surface area contributed by atoms with Crippen molar-refractivity contribution in [2.24, 2.45) is 0 Å². The van der Waals surface area contributed by atoms with Crippen molar-refractivity contribution in [1.29, 1.82) is 0 Å². The summed E-state index contributed by atoms with van der Waals surface area (Å²) in [6.45, 7) is 1.90. The highest BCUT2D eigenvalue weighted by atomic mass is 32.2. The molecule has 2 aromatic carbocycles. The summed E-state index contributed by atoms with van der Waals surface area (Å²) in [7, 11) is 1.64. The number of aromatic nitrogens is 2. The first-order chi connectivity index (χ1) is 12.7. The molecular weight excluding hydrogens is 366 g/mol. The smallest absolute Gasteiger partial charge is 0.231 e. The second-order valence-corrected chi connectivity index (χ2v) is 7.96. The lowest BCUT2D eigenvalue weighted by Crippen LogP contribution is -2.30. The number of ether oxygens (including phenoxy) is 1. The van der Waals surface area contributed by atoms with E-state index in [9.17, 15) is 4.79 Å². The summed E-state index contributed by atoms with van der Waals surface area (Å²) in [5.74, 6) is 1.04. The second kappa shape index (κ2) is 8.82. The molecule has 1 aromatic heterocycles. The maximum atomic E-state index is 12.5. The Bertz CT molecular complexity index is 851. The van der Waals surface area contributed by atoms with Crippen LogP contribution in [0, 0.1) is 6.92 Å². The highest BCUT2D eigenvalue weighted by molar-refractivity contribution is 8.01. The maximum absolute atomic E-state index is 12.5. The van der Waals surface area contributed by atoms with E-state index >= 15 is 0 Å². The standard InChI is InChI=1S/C19H19N3O2S2/c1-13-21-22-19(26-13)25-12-17(23)20-18(14-6-4-3-5-7-14)15-8-10-16(24-2)11-9-15/h3-11,18H,12H2,1-2H3,(H,20,23)/t18-/m0/s1. The summed E-state index contributed by atoms with van der Waals surface area (Å²) in [5, 5.41) is 12.0. The van der Waals surface area contributed by atoms with Gasteiger partial charge in [-0.25, -0.2) is 0 Å². The van der Waals surface area contributed by atoms with Crippen LogP contribution in [0.1, 0.15) is 22.2 Å². The Morgan fingerprint density at radius 3 is 2.42 bits per heavy atom. The van der Waals surface area contributed by atoms with Crippen LogP contribution in [0.25, 0.3) is 0 Å². The van der Waals surface area contributed by atoms with Gasteiger partial charge in [0.25, 0.3) is 0 Å². The molecule has 0 radical (unpaired) electrons. The third-order valence-electron chi connectivity index (χ3n) is 3.72. The third-order valence-corrected chi connectivity index (χ3v) is 5.69. The van der Waals surface area contributed by atoms with E-state index in [4.69, 9.17) is 4.74 Å². The van der Waals surface area contributed by atoms with Crippen molar-refractivity contribution in [3.63, 3.8) is 0 Å². The van der Waals surface area contributed by atoms with Gasteiger partial charge in [-0.05, 0) is 30.2 Å². The number of thioether (sulfide) groups is 1. The summed E-state index contributed by atoms with van der Waals surface area (Å²) in [4.78, 5) is 12.5. The highest BCUT2D eigenvalue weighted by Gasteiger charge is 2.17. The van der Waals surface area contributed by atoms with Gasteiger partial charge in [-0.3, -0.25) is 4.79 Å². The Hall–Kier alpha value is -2.38. The predicted molar refractivity (Wildman–Crippen MR) is 105 cm³/mol. The number of nitrogens with zero attached hydrogens (tertiary/aromatic N) is 2. The Kier molecular flexibility index (Phi) is 6.25. The average molecular weight is 386 g/mol. The van der Waals surface area contributed by atoms with E-state index in [1.165, 1.54) is 23.1 Å². The first-order valence-electron chi connectivity index (χ1n) is 8.07. The first kappa shape index (κ1) is 18.4. The maximum Gasteiger partial charge on any atom is 0.231 e. The fraction of sp³-hybridized carbons (Fsp3) is 0.211. The second-order valence-electron chi connectivity index (χ2n) is 5.56. The molecule has 3 rings (SSSR count). The largest absolute Gasteiger partial charge is 0.497 e. The van der Waals surface area contributed by atoms with Gasteiger partial charge in [0, 0.05) is 0 Å². The number of carbonyl (C=O) groups is 1. The molecule has 1 amide bonds. The van der Waals surface area contributed by atoms with Gasteiger partial charge in [-0.2, -0.15) is 0 Å². The van der Waals surface area contributed by atoms with Gasteiger partial charge in [-0.15, -0.1) is 10.2 Å². The van der Waals surface area contributed by atoms with E-state index in [1.807, 2.05) is 61.5 Å². The summed E-state index contributed by atoms with van der Waals surface area (Å²) in [5.41, 5.74) is 2.03. The molecule has 0 saturated carbocycles. The highest BCUT2D eigenvalue weighted by Crippen LogP contribution is 2.25. The number of hydrogen-bond acceptors (Lipinski definition) is 6. The van der Waals surface area contributed by atoms with Gasteiger partial charge < -0.3 is 10.1 Å². The number of rotatable bonds is 7. The molecule has 0 unspecified atom stereocenters. The molecule has 1 N–H and O–H groups in total. The Balaban J connectivity index is 1.73. The molecule has 0 fully saturated rings. The molecule has 0 bridgehead atoms. The molecule has 0 saturated heterocycles. The van der Waals surface area contributed by atoms with Crippen LogP contribution < -0.4 is 10.1 Å². The number of carbonyl (C=O) groups excluding carboxylic acids is 1. The molecule has 0 spiro atoms. The van der Waals surface area contributed by atoms with E-state index in [0.717, 1.165) is 26.2 Å². The van der Waals surface area contributed by atoms with Crippen LogP contribution in [0.2, 0.25) is 0 Å². The van der Waals surface area contributed by atoms with E-state index < -0.39 is 0 Å². The minimum absolute atomic E-state index is 0.0486. The first-order valence-corrected chi connectivity index (χ1v) is 9.87. The van der Waals surface area contributed by atoms with E-state index in [-0.39, 0.29) is 11.9 Å². The molecule has 0 aliphatic rings. The summed E-state index contributed by atoms with van der Waals surface area (Å²) in [6.07, 6.45) is 0. The van der Waals surface area contributed by atoms with E-state index in [0.29, 0.717) is 5.75 Å². The lowest BCUT2D eigenvalue weighted by molar-refractivity contribution is -0.119. The molecule has 5 nitrogen and oxygen atoms in total. The number of amides is 1. The summed E-state index contributed by atoms with van der Waals surface area (Å²) < 4.78 is 6.03. The molecule has 1 heterocycles. The van der Waals surface area contributed by atoms with Crippen molar-refractivity contribution in [2.75, 3.05) is 12.9 Å². The third kappa shape index (κ3) is 4.83. The van der Waals surface area contributed by atoms with Crippen LogP contribution in [0.15, 0.2) is 58.9 Å². The molecular formula is C19H19N3O2S2.